The van der Waals surface area contributed by atoms with Gasteiger partial charge < -0.3 is 10.2 Å². The van der Waals surface area contributed by atoms with Crippen molar-refractivity contribution in [2.45, 2.75) is 45.7 Å². The lowest BCUT2D eigenvalue weighted by Gasteiger charge is -2.26. The van der Waals surface area contributed by atoms with Gasteiger partial charge in [-0.25, -0.2) is 8.42 Å². The molecule has 1 saturated heterocycles. The zero-order valence-electron chi connectivity index (χ0n) is 11.7. The summed E-state index contributed by atoms with van der Waals surface area (Å²) in [5.41, 5.74) is 0. The molecule has 7 heteroatoms. The molecular formula is C12H22N2O4S. The van der Waals surface area contributed by atoms with E-state index >= 15 is 0 Å². The number of amides is 2. The molecule has 1 heterocycles. The summed E-state index contributed by atoms with van der Waals surface area (Å²) in [5.74, 6) is -0.486. The van der Waals surface area contributed by atoms with E-state index in [1.54, 1.807) is 6.92 Å². The van der Waals surface area contributed by atoms with Crippen LogP contribution in [-0.4, -0.2) is 55.3 Å². The summed E-state index contributed by atoms with van der Waals surface area (Å²) in [5, 5.41) is 2.65. The fraction of sp³-hybridized carbons (Fsp3) is 0.833. The predicted octanol–water partition coefficient (Wildman–Crippen LogP) is -0.0633. The van der Waals surface area contributed by atoms with E-state index in [-0.39, 0.29) is 41.8 Å². The Labute approximate surface area is 114 Å². The Kier molecular flexibility index (Phi) is 5.34. The summed E-state index contributed by atoms with van der Waals surface area (Å²) < 4.78 is 22.9. The Hall–Kier alpha value is -1.11. The lowest BCUT2D eigenvalue weighted by molar-refractivity contribution is -0.137. The minimum Gasteiger partial charge on any atom is -0.353 e. The van der Waals surface area contributed by atoms with Crippen molar-refractivity contribution in [3.8, 4) is 0 Å². The maximum absolute atomic E-state index is 12.0. The molecule has 1 aliphatic heterocycles. The smallest absolute Gasteiger partial charge is 0.232 e. The molecule has 1 fully saturated rings. The number of sulfone groups is 1. The maximum atomic E-state index is 12.0. The van der Waals surface area contributed by atoms with Gasteiger partial charge >= 0.3 is 0 Å². The Bertz CT molecular complexity index is 445. The molecule has 1 rings (SSSR count). The summed E-state index contributed by atoms with van der Waals surface area (Å²) in [4.78, 5) is 25.1. The average molecular weight is 290 g/mol. The molecule has 0 bridgehead atoms. The van der Waals surface area contributed by atoms with E-state index in [4.69, 9.17) is 0 Å². The third-order valence-corrected chi connectivity index (χ3v) is 4.82. The quantitative estimate of drug-likeness (QED) is 0.719. The van der Waals surface area contributed by atoms with Gasteiger partial charge in [0, 0.05) is 18.6 Å². The van der Waals surface area contributed by atoms with Crippen LogP contribution in [0.2, 0.25) is 0 Å². The lowest BCUT2D eigenvalue weighted by atomic mass is 10.2. The van der Waals surface area contributed by atoms with E-state index in [0.29, 0.717) is 13.0 Å². The number of hydrogen-bond acceptors (Lipinski definition) is 4. The average Bonchev–Trinajstić information content (AvgIpc) is 2.58. The highest BCUT2D eigenvalue weighted by Gasteiger charge is 2.34. The second-order valence-electron chi connectivity index (χ2n) is 5.14. The van der Waals surface area contributed by atoms with Gasteiger partial charge in [0.25, 0.3) is 0 Å². The summed E-state index contributed by atoms with van der Waals surface area (Å²) in [7, 11) is -3.03. The lowest BCUT2D eigenvalue weighted by Crippen LogP contribution is -2.43. The molecule has 0 aromatic rings. The molecule has 0 spiro atoms. The van der Waals surface area contributed by atoms with Gasteiger partial charge in [-0.1, -0.05) is 0 Å². The van der Waals surface area contributed by atoms with Crippen molar-refractivity contribution < 1.29 is 18.0 Å². The van der Waals surface area contributed by atoms with Crippen molar-refractivity contribution >= 4 is 21.7 Å². The largest absolute Gasteiger partial charge is 0.353 e. The molecule has 1 unspecified atom stereocenters. The minimum absolute atomic E-state index is 0.0118. The number of rotatable bonds is 5. The van der Waals surface area contributed by atoms with Gasteiger partial charge in [0.2, 0.25) is 11.8 Å². The van der Waals surface area contributed by atoms with E-state index in [9.17, 15) is 18.0 Å². The monoisotopic (exact) mass is 290 g/mol. The number of carbonyl (C=O) groups is 2. The molecule has 0 radical (unpaired) electrons. The molecule has 0 saturated carbocycles. The van der Waals surface area contributed by atoms with Crippen LogP contribution in [-0.2, 0) is 19.4 Å². The van der Waals surface area contributed by atoms with Crippen molar-refractivity contribution in [1.82, 2.24) is 10.2 Å². The van der Waals surface area contributed by atoms with Crippen molar-refractivity contribution in [3.05, 3.63) is 0 Å². The van der Waals surface area contributed by atoms with E-state index in [1.165, 1.54) is 4.90 Å². The van der Waals surface area contributed by atoms with Gasteiger partial charge in [-0.3, -0.25) is 9.59 Å². The Balaban J connectivity index is 2.60. The summed E-state index contributed by atoms with van der Waals surface area (Å²) >= 11 is 0. The molecule has 1 atom stereocenters. The first kappa shape index (κ1) is 15.9. The number of carbonyl (C=O) groups excluding carboxylic acids is 2. The summed E-state index contributed by atoms with van der Waals surface area (Å²) in [6.07, 6.45) is 0.246. The fourth-order valence-corrected chi connectivity index (χ4v) is 4.00. The van der Waals surface area contributed by atoms with Crippen LogP contribution >= 0.6 is 0 Å². The van der Waals surface area contributed by atoms with Crippen LogP contribution < -0.4 is 5.32 Å². The first-order valence-corrected chi connectivity index (χ1v) is 8.36. The first-order chi connectivity index (χ1) is 8.75. The molecule has 19 heavy (non-hydrogen) atoms. The van der Waals surface area contributed by atoms with Gasteiger partial charge in [0.1, 0.15) is 6.42 Å². The molecule has 0 aliphatic carbocycles. The van der Waals surface area contributed by atoms with Crippen LogP contribution in [0.15, 0.2) is 0 Å². The van der Waals surface area contributed by atoms with E-state index < -0.39 is 9.84 Å². The fourth-order valence-electron chi connectivity index (χ4n) is 2.27. The molecular weight excluding hydrogens is 268 g/mol. The minimum atomic E-state index is -3.03. The third-order valence-electron chi connectivity index (χ3n) is 3.07. The Morgan fingerprint density at radius 3 is 2.42 bits per heavy atom. The molecule has 0 aromatic heterocycles. The summed E-state index contributed by atoms with van der Waals surface area (Å²) in [6, 6.07) is -0.295. The van der Waals surface area contributed by atoms with E-state index in [0.717, 1.165) is 0 Å². The normalized spacial score (nSPS) is 21.4. The number of nitrogens with zero attached hydrogens (tertiary/aromatic N) is 1. The van der Waals surface area contributed by atoms with Crippen molar-refractivity contribution in [3.63, 3.8) is 0 Å². The van der Waals surface area contributed by atoms with Crippen molar-refractivity contribution in [1.29, 1.82) is 0 Å². The Morgan fingerprint density at radius 2 is 2.00 bits per heavy atom. The van der Waals surface area contributed by atoms with Crippen LogP contribution in [0.3, 0.4) is 0 Å². The van der Waals surface area contributed by atoms with Crippen molar-refractivity contribution in [2.24, 2.45) is 0 Å². The Morgan fingerprint density at radius 1 is 1.37 bits per heavy atom. The molecule has 0 aromatic carbocycles. The van der Waals surface area contributed by atoms with E-state index in [2.05, 4.69) is 5.32 Å². The van der Waals surface area contributed by atoms with Crippen LogP contribution in [0, 0.1) is 0 Å². The summed E-state index contributed by atoms with van der Waals surface area (Å²) in [6.45, 7) is 5.87. The van der Waals surface area contributed by atoms with Gasteiger partial charge in [0.05, 0.1) is 11.5 Å². The third kappa shape index (κ3) is 4.81. The first-order valence-electron chi connectivity index (χ1n) is 6.54. The van der Waals surface area contributed by atoms with Crippen LogP contribution in [0.25, 0.3) is 0 Å². The molecule has 1 N–H and O–H groups in total. The second kappa shape index (κ2) is 6.36. The molecule has 1 aliphatic rings. The molecule has 110 valence electrons. The van der Waals surface area contributed by atoms with Crippen LogP contribution in [0.1, 0.15) is 33.6 Å². The molecule has 2 amide bonds. The zero-order chi connectivity index (χ0) is 14.6. The number of nitrogens with one attached hydrogen (secondary N) is 1. The van der Waals surface area contributed by atoms with Crippen LogP contribution in [0.4, 0.5) is 0 Å². The zero-order valence-corrected chi connectivity index (χ0v) is 12.5. The van der Waals surface area contributed by atoms with Gasteiger partial charge in [-0.2, -0.15) is 0 Å². The van der Waals surface area contributed by atoms with Crippen molar-refractivity contribution in [2.75, 3.05) is 18.1 Å². The molecule has 6 nitrogen and oxygen atoms in total. The highest BCUT2D eigenvalue weighted by atomic mass is 32.2. The topological polar surface area (TPSA) is 83.6 Å². The van der Waals surface area contributed by atoms with Crippen LogP contribution in [0.5, 0.6) is 0 Å². The van der Waals surface area contributed by atoms with E-state index in [1.807, 2.05) is 13.8 Å². The standard InChI is InChI=1S/C12H22N2O4S/c1-4-14(10-5-6-19(17,18)8-10)12(16)7-11(15)13-9(2)3/h9-10H,4-8H2,1-3H3,(H,13,15). The maximum Gasteiger partial charge on any atom is 0.232 e. The highest BCUT2D eigenvalue weighted by Crippen LogP contribution is 2.18. The van der Waals surface area contributed by atoms with Gasteiger partial charge in [0.15, 0.2) is 9.84 Å². The van der Waals surface area contributed by atoms with Gasteiger partial charge in [-0.05, 0) is 27.2 Å². The van der Waals surface area contributed by atoms with Gasteiger partial charge in [-0.15, -0.1) is 0 Å². The second-order valence-corrected chi connectivity index (χ2v) is 7.36. The SMILES string of the molecule is CCN(C(=O)CC(=O)NC(C)C)C1CCS(=O)(=O)C1. The number of hydrogen-bond donors (Lipinski definition) is 1. The highest BCUT2D eigenvalue weighted by molar-refractivity contribution is 7.91. The predicted molar refractivity (Wildman–Crippen MR) is 72.3 cm³/mol.